The summed E-state index contributed by atoms with van der Waals surface area (Å²) < 4.78 is 2.22. The summed E-state index contributed by atoms with van der Waals surface area (Å²) >= 11 is 0. The Balaban J connectivity index is 1.69. The number of rotatable bonds is 3. The average Bonchev–Trinajstić information content (AvgIpc) is 3.24. The quantitative estimate of drug-likeness (QED) is 0.513. The summed E-state index contributed by atoms with van der Waals surface area (Å²) in [7, 11) is 0. The molecule has 1 saturated carbocycles. The lowest BCUT2D eigenvalue weighted by Gasteiger charge is -2.24. The van der Waals surface area contributed by atoms with Crippen molar-refractivity contribution in [2.45, 2.75) is 45.1 Å². The molecule has 1 fully saturated rings. The maximum atomic E-state index is 4.99. The van der Waals surface area contributed by atoms with E-state index in [-0.39, 0.29) is 0 Å². The zero-order valence-corrected chi connectivity index (χ0v) is 15.1. The van der Waals surface area contributed by atoms with Gasteiger partial charge in [-0.15, -0.1) is 0 Å². The Morgan fingerprint density at radius 1 is 1.08 bits per heavy atom. The second-order valence-corrected chi connectivity index (χ2v) is 7.47. The van der Waals surface area contributed by atoms with Gasteiger partial charge in [0.15, 0.2) is 0 Å². The molecule has 4 nitrogen and oxygen atoms in total. The number of H-pyrrole nitrogens is 1. The first-order valence-corrected chi connectivity index (χ1v) is 9.61. The Morgan fingerprint density at radius 3 is 2.81 bits per heavy atom. The first-order valence-electron chi connectivity index (χ1n) is 9.61. The standard InChI is InChI=1S/C22H24N4/c1-15-11-12-20-25-21(18-13-23-19-10-6-5-9-17(18)19)22(26(20)14-15)24-16-7-3-2-4-8-16/h5-6,9-14,16,23-24H,2-4,7-8H2,1H3. The van der Waals surface area contributed by atoms with Gasteiger partial charge >= 0.3 is 0 Å². The van der Waals surface area contributed by atoms with Crippen LogP contribution in [0, 0.1) is 6.92 Å². The van der Waals surface area contributed by atoms with Crippen molar-refractivity contribution in [3.05, 3.63) is 54.4 Å². The number of nitrogens with one attached hydrogen (secondary N) is 2. The molecule has 0 spiro atoms. The number of aryl methyl sites for hydroxylation is 1. The van der Waals surface area contributed by atoms with E-state index in [0.29, 0.717) is 6.04 Å². The number of aromatic amines is 1. The van der Waals surface area contributed by atoms with Gasteiger partial charge in [0.05, 0.1) is 0 Å². The van der Waals surface area contributed by atoms with Crippen molar-refractivity contribution in [3.63, 3.8) is 0 Å². The molecule has 1 aliphatic rings. The molecule has 0 saturated heterocycles. The number of para-hydroxylation sites is 1. The Morgan fingerprint density at radius 2 is 1.92 bits per heavy atom. The highest BCUT2D eigenvalue weighted by atomic mass is 15.1. The highest BCUT2D eigenvalue weighted by molar-refractivity contribution is 5.97. The minimum absolute atomic E-state index is 0.535. The summed E-state index contributed by atoms with van der Waals surface area (Å²) in [6, 6.07) is 13.2. The minimum Gasteiger partial charge on any atom is -0.367 e. The van der Waals surface area contributed by atoms with Crippen LogP contribution < -0.4 is 5.32 Å². The SMILES string of the molecule is Cc1ccc2nc(-c3c[nH]c4ccccc34)c(NC3CCCCC3)n2c1. The number of pyridine rings is 1. The van der Waals surface area contributed by atoms with Crippen LogP contribution in [0.4, 0.5) is 5.82 Å². The molecule has 0 atom stereocenters. The molecule has 26 heavy (non-hydrogen) atoms. The Kier molecular flexibility index (Phi) is 3.70. The van der Waals surface area contributed by atoms with E-state index in [1.807, 2.05) is 0 Å². The fraction of sp³-hybridized carbons (Fsp3) is 0.318. The largest absolute Gasteiger partial charge is 0.367 e. The van der Waals surface area contributed by atoms with Crippen LogP contribution in [0.5, 0.6) is 0 Å². The molecule has 0 bridgehead atoms. The number of fused-ring (bicyclic) bond motifs is 2. The summed E-state index contributed by atoms with van der Waals surface area (Å²) in [5.74, 6) is 1.13. The van der Waals surface area contributed by atoms with Crippen LogP contribution in [0.25, 0.3) is 27.8 Å². The molecule has 0 amide bonds. The van der Waals surface area contributed by atoms with Crippen LogP contribution in [-0.4, -0.2) is 20.4 Å². The Bertz CT molecular complexity index is 1070. The van der Waals surface area contributed by atoms with Gasteiger partial charge in [-0.2, -0.15) is 0 Å². The van der Waals surface area contributed by atoms with Gasteiger partial charge in [0.2, 0.25) is 0 Å². The predicted octanol–water partition coefficient (Wildman–Crippen LogP) is 5.54. The van der Waals surface area contributed by atoms with Gasteiger partial charge in [0.1, 0.15) is 17.2 Å². The Hall–Kier alpha value is -2.75. The molecule has 0 radical (unpaired) electrons. The third kappa shape index (κ3) is 2.57. The third-order valence-corrected chi connectivity index (χ3v) is 5.56. The third-order valence-electron chi connectivity index (χ3n) is 5.56. The normalized spacial score (nSPS) is 15.7. The fourth-order valence-corrected chi connectivity index (χ4v) is 4.18. The predicted molar refractivity (Wildman–Crippen MR) is 108 cm³/mol. The van der Waals surface area contributed by atoms with Crippen molar-refractivity contribution in [1.29, 1.82) is 0 Å². The number of nitrogens with zero attached hydrogens (tertiary/aromatic N) is 2. The lowest BCUT2D eigenvalue weighted by Crippen LogP contribution is -2.23. The van der Waals surface area contributed by atoms with E-state index in [9.17, 15) is 0 Å². The molecule has 132 valence electrons. The fourth-order valence-electron chi connectivity index (χ4n) is 4.18. The number of anilines is 1. The van der Waals surface area contributed by atoms with Crippen molar-refractivity contribution in [2.75, 3.05) is 5.32 Å². The van der Waals surface area contributed by atoms with E-state index < -0.39 is 0 Å². The first kappa shape index (κ1) is 15.5. The van der Waals surface area contributed by atoms with Gasteiger partial charge in [-0.1, -0.05) is 43.5 Å². The van der Waals surface area contributed by atoms with Crippen LogP contribution >= 0.6 is 0 Å². The summed E-state index contributed by atoms with van der Waals surface area (Å²) in [6.45, 7) is 2.13. The average molecular weight is 344 g/mol. The number of hydrogen-bond donors (Lipinski definition) is 2. The molecule has 1 aromatic carbocycles. The number of hydrogen-bond acceptors (Lipinski definition) is 2. The molecular weight excluding hydrogens is 320 g/mol. The molecule has 0 unspecified atom stereocenters. The lowest BCUT2D eigenvalue weighted by atomic mass is 9.95. The maximum Gasteiger partial charge on any atom is 0.139 e. The maximum absolute atomic E-state index is 4.99. The van der Waals surface area contributed by atoms with Crippen molar-refractivity contribution >= 4 is 22.4 Å². The van der Waals surface area contributed by atoms with E-state index in [1.54, 1.807) is 0 Å². The zero-order valence-electron chi connectivity index (χ0n) is 15.1. The van der Waals surface area contributed by atoms with E-state index in [4.69, 9.17) is 4.98 Å². The van der Waals surface area contributed by atoms with Gasteiger partial charge in [-0.25, -0.2) is 4.98 Å². The summed E-state index contributed by atoms with van der Waals surface area (Å²) in [6.07, 6.45) is 10.8. The highest BCUT2D eigenvalue weighted by Gasteiger charge is 2.21. The molecule has 1 aliphatic carbocycles. The lowest BCUT2D eigenvalue weighted by molar-refractivity contribution is 0.462. The van der Waals surface area contributed by atoms with Crippen LogP contribution in [0.2, 0.25) is 0 Å². The molecule has 3 aromatic heterocycles. The zero-order chi connectivity index (χ0) is 17.5. The van der Waals surface area contributed by atoms with E-state index >= 15 is 0 Å². The number of aromatic nitrogens is 3. The number of benzene rings is 1. The summed E-state index contributed by atoms with van der Waals surface area (Å²) in [4.78, 5) is 8.39. The molecule has 3 heterocycles. The molecule has 4 heteroatoms. The van der Waals surface area contributed by atoms with Crippen molar-refractivity contribution < 1.29 is 0 Å². The molecule has 5 rings (SSSR count). The smallest absolute Gasteiger partial charge is 0.139 e. The van der Waals surface area contributed by atoms with Crippen LogP contribution in [0.3, 0.4) is 0 Å². The van der Waals surface area contributed by atoms with Gasteiger partial charge in [-0.3, -0.25) is 4.40 Å². The molecular formula is C22H24N4. The molecule has 0 aliphatic heterocycles. The van der Waals surface area contributed by atoms with Crippen LogP contribution in [0.1, 0.15) is 37.7 Å². The highest BCUT2D eigenvalue weighted by Crippen LogP contribution is 2.35. The molecule has 2 N–H and O–H groups in total. The van der Waals surface area contributed by atoms with Gasteiger partial charge in [0.25, 0.3) is 0 Å². The second kappa shape index (κ2) is 6.20. The van der Waals surface area contributed by atoms with Crippen LogP contribution in [0.15, 0.2) is 48.8 Å². The monoisotopic (exact) mass is 344 g/mol. The van der Waals surface area contributed by atoms with Gasteiger partial charge in [0, 0.05) is 34.9 Å². The van der Waals surface area contributed by atoms with Gasteiger partial charge in [-0.05, 0) is 37.5 Å². The topological polar surface area (TPSA) is 45.1 Å². The first-order chi connectivity index (χ1) is 12.8. The van der Waals surface area contributed by atoms with Crippen LogP contribution in [-0.2, 0) is 0 Å². The minimum atomic E-state index is 0.535. The van der Waals surface area contributed by atoms with E-state index in [2.05, 4.69) is 70.4 Å². The summed E-state index contributed by atoms with van der Waals surface area (Å²) in [5, 5.41) is 5.06. The van der Waals surface area contributed by atoms with Crippen molar-refractivity contribution in [1.82, 2.24) is 14.4 Å². The van der Waals surface area contributed by atoms with E-state index in [1.165, 1.54) is 48.6 Å². The van der Waals surface area contributed by atoms with Crippen molar-refractivity contribution in [3.8, 4) is 11.3 Å². The second-order valence-electron chi connectivity index (χ2n) is 7.47. The summed E-state index contributed by atoms with van der Waals surface area (Å²) in [5.41, 5.74) is 5.60. The van der Waals surface area contributed by atoms with Gasteiger partial charge < -0.3 is 10.3 Å². The number of imidazole rings is 1. The molecule has 4 aromatic rings. The Labute approximate surface area is 153 Å². The van der Waals surface area contributed by atoms with E-state index in [0.717, 1.165) is 22.7 Å². The van der Waals surface area contributed by atoms with Crippen molar-refractivity contribution in [2.24, 2.45) is 0 Å².